The zero-order valence-corrected chi connectivity index (χ0v) is 11.9. The molecule has 0 aromatic heterocycles. The summed E-state index contributed by atoms with van der Waals surface area (Å²) in [6.07, 6.45) is 5.41. The molecule has 104 valence electrons. The molecule has 4 atom stereocenters. The highest BCUT2D eigenvalue weighted by Crippen LogP contribution is 2.31. The maximum Gasteiger partial charge on any atom is 0.309 e. The molecule has 0 bridgehead atoms. The number of rotatable bonds is 2. The highest BCUT2D eigenvalue weighted by molar-refractivity contribution is 5.72. The highest BCUT2D eigenvalue weighted by Gasteiger charge is 2.31. The van der Waals surface area contributed by atoms with Crippen LogP contribution in [0.5, 0.6) is 0 Å². The van der Waals surface area contributed by atoms with Crippen LogP contribution in [0.3, 0.4) is 0 Å². The first kappa shape index (κ1) is 13.9. The largest absolute Gasteiger partial charge is 0.462 e. The number of carbonyl (C=O) groups is 1. The minimum absolute atomic E-state index is 0.0506. The molecule has 0 radical (unpaired) electrons. The third kappa shape index (κ3) is 3.71. The predicted molar refractivity (Wildman–Crippen MR) is 72.2 cm³/mol. The Morgan fingerprint density at radius 1 is 1.06 bits per heavy atom. The van der Waals surface area contributed by atoms with E-state index in [9.17, 15) is 4.79 Å². The third-order valence-corrected chi connectivity index (χ3v) is 4.38. The lowest BCUT2D eigenvalue weighted by atomic mass is 9.81. The molecule has 2 fully saturated rings. The van der Waals surface area contributed by atoms with Gasteiger partial charge in [-0.05, 0) is 57.4 Å². The van der Waals surface area contributed by atoms with Gasteiger partial charge >= 0.3 is 5.97 Å². The van der Waals surface area contributed by atoms with Crippen molar-refractivity contribution in [3.05, 3.63) is 0 Å². The van der Waals surface area contributed by atoms with E-state index in [1.165, 1.54) is 6.42 Å². The van der Waals surface area contributed by atoms with Gasteiger partial charge in [-0.25, -0.2) is 0 Å². The van der Waals surface area contributed by atoms with E-state index in [0.29, 0.717) is 17.9 Å². The number of hydrogen-bond acceptors (Lipinski definition) is 3. The Morgan fingerprint density at radius 2 is 1.72 bits per heavy atom. The van der Waals surface area contributed by atoms with Crippen molar-refractivity contribution in [1.29, 1.82) is 0 Å². The Balaban J connectivity index is 1.83. The molecule has 1 heterocycles. The summed E-state index contributed by atoms with van der Waals surface area (Å²) in [6.45, 7) is 7.62. The SMILES string of the molecule is CC1CC(C)CC(OC(=O)C2CCNC(C)C2)C1. The second-order valence-electron chi connectivity index (χ2n) is 6.55. The van der Waals surface area contributed by atoms with Crippen LogP contribution in [0.4, 0.5) is 0 Å². The van der Waals surface area contributed by atoms with Gasteiger partial charge in [0.15, 0.2) is 0 Å². The number of nitrogens with one attached hydrogen (secondary N) is 1. The fraction of sp³-hybridized carbons (Fsp3) is 0.933. The van der Waals surface area contributed by atoms with Crippen LogP contribution in [-0.2, 0) is 9.53 Å². The van der Waals surface area contributed by atoms with Crippen LogP contribution in [0.2, 0.25) is 0 Å². The summed E-state index contributed by atoms with van der Waals surface area (Å²) in [4.78, 5) is 12.2. The fourth-order valence-electron chi connectivity index (χ4n) is 3.58. The van der Waals surface area contributed by atoms with Gasteiger partial charge in [-0.15, -0.1) is 0 Å². The molecular weight excluding hydrogens is 226 g/mol. The molecule has 3 nitrogen and oxygen atoms in total. The molecule has 1 saturated heterocycles. The zero-order chi connectivity index (χ0) is 13.1. The fourth-order valence-corrected chi connectivity index (χ4v) is 3.58. The monoisotopic (exact) mass is 253 g/mol. The van der Waals surface area contributed by atoms with Crippen LogP contribution in [0.1, 0.15) is 52.9 Å². The minimum atomic E-state index is 0.0506. The van der Waals surface area contributed by atoms with Crippen molar-refractivity contribution in [2.24, 2.45) is 17.8 Å². The van der Waals surface area contributed by atoms with E-state index in [1.807, 2.05) is 0 Å². The summed E-state index contributed by atoms with van der Waals surface area (Å²) in [6, 6.07) is 0.445. The van der Waals surface area contributed by atoms with Crippen LogP contribution < -0.4 is 5.32 Å². The van der Waals surface area contributed by atoms with Crippen molar-refractivity contribution >= 4 is 5.97 Å². The Hall–Kier alpha value is -0.570. The average Bonchev–Trinajstić information content (AvgIpc) is 2.27. The second kappa shape index (κ2) is 6.05. The topological polar surface area (TPSA) is 38.3 Å². The van der Waals surface area contributed by atoms with Gasteiger partial charge in [-0.1, -0.05) is 13.8 Å². The van der Waals surface area contributed by atoms with Crippen LogP contribution in [-0.4, -0.2) is 24.7 Å². The summed E-state index contributed by atoms with van der Waals surface area (Å²) in [7, 11) is 0. The molecule has 1 saturated carbocycles. The molecule has 4 unspecified atom stereocenters. The van der Waals surface area contributed by atoms with E-state index < -0.39 is 0 Å². The van der Waals surface area contributed by atoms with Gasteiger partial charge in [0.1, 0.15) is 6.10 Å². The van der Waals surface area contributed by atoms with E-state index in [0.717, 1.165) is 32.2 Å². The molecule has 2 aliphatic rings. The van der Waals surface area contributed by atoms with Gasteiger partial charge < -0.3 is 10.1 Å². The molecule has 2 rings (SSSR count). The van der Waals surface area contributed by atoms with Crippen molar-refractivity contribution in [2.75, 3.05) is 6.54 Å². The zero-order valence-electron chi connectivity index (χ0n) is 11.9. The lowest BCUT2D eigenvalue weighted by Gasteiger charge is -2.33. The van der Waals surface area contributed by atoms with E-state index >= 15 is 0 Å². The van der Waals surface area contributed by atoms with E-state index in [2.05, 4.69) is 26.1 Å². The third-order valence-electron chi connectivity index (χ3n) is 4.38. The lowest BCUT2D eigenvalue weighted by Crippen LogP contribution is -2.40. The molecular formula is C15H27NO2. The molecule has 1 aliphatic carbocycles. The Bertz CT molecular complexity index is 282. The maximum absolute atomic E-state index is 12.2. The van der Waals surface area contributed by atoms with Gasteiger partial charge in [0, 0.05) is 6.04 Å². The summed E-state index contributed by atoms with van der Waals surface area (Å²) in [5, 5.41) is 3.38. The number of piperidine rings is 1. The molecule has 1 aliphatic heterocycles. The van der Waals surface area contributed by atoms with Crippen molar-refractivity contribution in [3.8, 4) is 0 Å². The van der Waals surface area contributed by atoms with Crippen LogP contribution in [0.25, 0.3) is 0 Å². The first-order valence-corrected chi connectivity index (χ1v) is 7.48. The summed E-state index contributed by atoms with van der Waals surface area (Å²) >= 11 is 0. The normalized spacial score (nSPS) is 41.4. The first-order chi connectivity index (χ1) is 8.54. The number of hydrogen-bond donors (Lipinski definition) is 1. The van der Waals surface area contributed by atoms with Crippen LogP contribution in [0, 0.1) is 17.8 Å². The van der Waals surface area contributed by atoms with E-state index in [1.54, 1.807) is 0 Å². The van der Waals surface area contributed by atoms with Crippen LogP contribution in [0.15, 0.2) is 0 Å². The molecule has 1 N–H and O–H groups in total. The smallest absolute Gasteiger partial charge is 0.309 e. The Kier molecular flexibility index (Phi) is 4.66. The van der Waals surface area contributed by atoms with Crippen molar-refractivity contribution in [3.63, 3.8) is 0 Å². The standard InChI is InChI=1S/C15H27NO2/c1-10-6-11(2)8-14(7-10)18-15(17)13-4-5-16-12(3)9-13/h10-14,16H,4-9H2,1-3H3. The van der Waals surface area contributed by atoms with Gasteiger partial charge in [-0.3, -0.25) is 4.79 Å². The molecule has 0 spiro atoms. The summed E-state index contributed by atoms with van der Waals surface area (Å²) in [5.41, 5.74) is 0. The summed E-state index contributed by atoms with van der Waals surface area (Å²) < 4.78 is 5.75. The lowest BCUT2D eigenvalue weighted by molar-refractivity contribution is -0.158. The molecule has 0 amide bonds. The van der Waals surface area contributed by atoms with Crippen molar-refractivity contribution < 1.29 is 9.53 Å². The Morgan fingerprint density at radius 3 is 2.33 bits per heavy atom. The van der Waals surface area contributed by atoms with Gasteiger partial charge in [0.05, 0.1) is 5.92 Å². The minimum Gasteiger partial charge on any atom is -0.462 e. The quantitative estimate of drug-likeness (QED) is 0.769. The molecule has 0 aromatic rings. The van der Waals surface area contributed by atoms with Gasteiger partial charge in [-0.2, -0.15) is 0 Å². The van der Waals surface area contributed by atoms with Gasteiger partial charge in [0.2, 0.25) is 0 Å². The molecule has 18 heavy (non-hydrogen) atoms. The Labute approximate surface area is 111 Å². The maximum atomic E-state index is 12.2. The summed E-state index contributed by atoms with van der Waals surface area (Å²) in [5.74, 6) is 1.56. The van der Waals surface area contributed by atoms with Crippen molar-refractivity contribution in [2.45, 2.75) is 65.0 Å². The predicted octanol–water partition coefficient (Wildman–Crippen LogP) is 2.74. The van der Waals surface area contributed by atoms with Crippen molar-refractivity contribution in [1.82, 2.24) is 5.32 Å². The van der Waals surface area contributed by atoms with Crippen LogP contribution >= 0.6 is 0 Å². The highest BCUT2D eigenvalue weighted by atomic mass is 16.5. The molecule has 0 aromatic carbocycles. The van der Waals surface area contributed by atoms with Gasteiger partial charge in [0.25, 0.3) is 0 Å². The van der Waals surface area contributed by atoms with E-state index in [-0.39, 0.29) is 18.0 Å². The van der Waals surface area contributed by atoms with E-state index in [4.69, 9.17) is 4.74 Å². The number of carbonyl (C=O) groups excluding carboxylic acids is 1. The number of ether oxygens (including phenoxy) is 1. The average molecular weight is 253 g/mol. The second-order valence-corrected chi connectivity index (χ2v) is 6.55. The molecule has 3 heteroatoms. The number of esters is 1. The first-order valence-electron chi connectivity index (χ1n) is 7.48.